The average Bonchev–Trinajstić information content (AvgIpc) is 2.46. The molecule has 0 aromatic heterocycles. The fourth-order valence-corrected chi connectivity index (χ4v) is 2.53. The van der Waals surface area contributed by atoms with Crippen molar-refractivity contribution in [2.75, 3.05) is 27.3 Å². The third kappa shape index (κ3) is 2.64. The van der Waals surface area contributed by atoms with E-state index in [-0.39, 0.29) is 17.8 Å². The van der Waals surface area contributed by atoms with Crippen LogP contribution in [-0.2, 0) is 9.53 Å². The van der Waals surface area contributed by atoms with E-state index in [0.29, 0.717) is 6.54 Å². The zero-order valence-corrected chi connectivity index (χ0v) is 10.8. The summed E-state index contributed by atoms with van der Waals surface area (Å²) in [5, 5.41) is 3.25. The summed E-state index contributed by atoms with van der Waals surface area (Å²) in [6, 6.07) is 7.93. The second-order valence-electron chi connectivity index (χ2n) is 4.51. The number of esters is 1. The van der Waals surface area contributed by atoms with Crippen LogP contribution in [0.4, 0.5) is 0 Å². The first-order chi connectivity index (χ1) is 8.76. The molecular formula is C14H19NO3. The highest BCUT2D eigenvalue weighted by molar-refractivity contribution is 5.74. The van der Waals surface area contributed by atoms with Gasteiger partial charge in [0.25, 0.3) is 0 Å². The Balaban J connectivity index is 2.24. The van der Waals surface area contributed by atoms with E-state index < -0.39 is 0 Å². The molecule has 0 unspecified atom stereocenters. The Morgan fingerprint density at radius 2 is 2.22 bits per heavy atom. The molecule has 18 heavy (non-hydrogen) atoms. The molecule has 1 aliphatic heterocycles. The minimum Gasteiger partial charge on any atom is -0.497 e. The molecule has 1 aromatic rings. The van der Waals surface area contributed by atoms with Crippen LogP contribution >= 0.6 is 0 Å². The normalized spacial score (nSPS) is 23.4. The highest BCUT2D eigenvalue weighted by Crippen LogP contribution is 2.32. The van der Waals surface area contributed by atoms with Gasteiger partial charge in [0.2, 0.25) is 0 Å². The van der Waals surface area contributed by atoms with Crippen molar-refractivity contribution < 1.29 is 14.3 Å². The van der Waals surface area contributed by atoms with Gasteiger partial charge >= 0.3 is 5.97 Å². The van der Waals surface area contributed by atoms with Gasteiger partial charge in [-0.15, -0.1) is 0 Å². The van der Waals surface area contributed by atoms with Crippen molar-refractivity contribution in [3.05, 3.63) is 29.8 Å². The van der Waals surface area contributed by atoms with Gasteiger partial charge in [-0.05, 0) is 36.6 Å². The van der Waals surface area contributed by atoms with E-state index in [0.717, 1.165) is 24.3 Å². The van der Waals surface area contributed by atoms with E-state index in [1.54, 1.807) is 7.11 Å². The zero-order chi connectivity index (χ0) is 13.0. The number of methoxy groups -OCH3 is 2. The lowest BCUT2D eigenvalue weighted by Crippen LogP contribution is -2.40. The van der Waals surface area contributed by atoms with Crippen LogP contribution in [0.25, 0.3) is 0 Å². The summed E-state index contributed by atoms with van der Waals surface area (Å²) in [5.41, 5.74) is 1.14. The van der Waals surface area contributed by atoms with Crippen molar-refractivity contribution in [1.29, 1.82) is 0 Å². The minimum absolute atomic E-state index is 0.115. The van der Waals surface area contributed by atoms with E-state index in [1.165, 1.54) is 7.11 Å². The van der Waals surface area contributed by atoms with Gasteiger partial charge in [-0.1, -0.05) is 12.1 Å². The summed E-state index contributed by atoms with van der Waals surface area (Å²) in [5.74, 6) is 0.773. The third-order valence-electron chi connectivity index (χ3n) is 3.51. The lowest BCUT2D eigenvalue weighted by atomic mass is 9.81. The molecule has 98 valence electrons. The van der Waals surface area contributed by atoms with Crippen LogP contribution in [0.5, 0.6) is 5.75 Å². The molecule has 0 aliphatic carbocycles. The lowest BCUT2D eigenvalue weighted by molar-refractivity contribution is -0.146. The molecule has 4 nitrogen and oxygen atoms in total. The van der Waals surface area contributed by atoms with Crippen LogP contribution in [0.3, 0.4) is 0 Å². The van der Waals surface area contributed by atoms with Gasteiger partial charge in [0.1, 0.15) is 5.75 Å². The van der Waals surface area contributed by atoms with Crippen LogP contribution in [0.15, 0.2) is 24.3 Å². The van der Waals surface area contributed by atoms with Gasteiger partial charge in [-0.3, -0.25) is 4.79 Å². The highest BCUT2D eigenvalue weighted by Gasteiger charge is 2.32. The maximum absolute atomic E-state index is 11.8. The molecule has 1 heterocycles. The van der Waals surface area contributed by atoms with Crippen molar-refractivity contribution in [3.8, 4) is 5.75 Å². The summed E-state index contributed by atoms with van der Waals surface area (Å²) in [6.45, 7) is 1.60. The molecule has 1 aliphatic rings. The first kappa shape index (κ1) is 12.9. The fraction of sp³-hybridized carbons (Fsp3) is 0.500. The van der Waals surface area contributed by atoms with Crippen molar-refractivity contribution in [3.63, 3.8) is 0 Å². The number of benzene rings is 1. The van der Waals surface area contributed by atoms with E-state index in [9.17, 15) is 4.79 Å². The predicted molar refractivity (Wildman–Crippen MR) is 68.7 cm³/mol. The molecule has 4 heteroatoms. The van der Waals surface area contributed by atoms with Crippen molar-refractivity contribution in [1.82, 2.24) is 5.32 Å². The quantitative estimate of drug-likeness (QED) is 0.826. The first-order valence-electron chi connectivity index (χ1n) is 6.18. The van der Waals surface area contributed by atoms with Crippen LogP contribution in [0, 0.1) is 5.92 Å². The standard InChI is InChI=1S/C14H19NO3/c1-17-11-5-3-4-10(8-11)12-6-7-15-9-13(12)14(16)18-2/h3-5,8,12-13,15H,6-7,9H2,1-2H3/t12-,13+/m1/s1. The van der Waals surface area contributed by atoms with E-state index >= 15 is 0 Å². The summed E-state index contributed by atoms with van der Waals surface area (Å²) in [6.07, 6.45) is 0.937. The number of carbonyl (C=O) groups excluding carboxylic acids is 1. The maximum atomic E-state index is 11.8. The van der Waals surface area contributed by atoms with Crippen LogP contribution in [-0.4, -0.2) is 33.3 Å². The van der Waals surface area contributed by atoms with Gasteiger partial charge in [0, 0.05) is 6.54 Å². The molecule has 1 saturated heterocycles. The number of piperidine rings is 1. The largest absolute Gasteiger partial charge is 0.497 e. The van der Waals surface area contributed by atoms with Gasteiger partial charge < -0.3 is 14.8 Å². The summed E-state index contributed by atoms with van der Waals surface area (Å²) < 4.78 is 10.1. The highest BCUT2D eigenvalue weighted by atomic mass is 16.5. The van der Waals surface area contributed by atoms with E-state index in [4.69, 9.17) is 9.47 Å². The number of hydrogen-bond donors (Lipinski definition) is 1. The SMILES string of the molecule is COC(=O)[C@H]1CNCC[C@@H]1c1cccc(OC)c1. The summed E-state index contributed by atoms with van der Waals surface area (Å²) in [7, 11) is 3.10. The molecule has 0 spiro atoms. The summed E-state index contributed by atoms with van der Waals surface area (Å²) in [4.78, 5) is 11.8. The Morgan fingerprint density at radius 3 is 2.94 bits per heavy atom. The molecular weight excluding hydrogens is 230 g/mol. The first-order valence-corrected chi connectivity index (χ1v) is 6.18. The van der Waals surface area contributed by atoms with Gasteiger partial charge in [-0.25, -0.2) is 0 Å². The number of hydrogen-bond acceptors (Lipinski definition) is 4. The minimum atomic E-state index is -0.144. The van der Waals surface area contributed by atoms with Crippen molar-refractivity contribution in [2.24, 2.45) is 5.92 Å². The Labute approximate surface area is 107 Å². The maximum Gasteiger partial charge on any atom is 0.310 e. The zero-order valence-electron chi connectivity index (χ0n) is 10.8. The molecule has 1 fully saturated rings. The van der Waals surface area contributed by atoms with Crippen molar-refractivity contribution in [2.45, 2.75) is 12.3 Å². The van der Waals surface area contributed by atoms with E-state index in [1.807, 2.05) is 18.2 Å². The number of rotatable bonds is 3. The van der Waals surface area contributed by atoms with Crippen LogP contribution in [0.2, 0.25) is 0 Å². The smallest absolute Gasteiger partial charge is 0.310 e. The molecule has 0 bridgehead atoms. The second kappa shape index (κ2) is 5.87. The predicted octanol–water partition coefficient (Wildman–Crippen LogP) is 1.56. The van der Waals surface area contributed by atoms with Gasteiger partial charge in [-0.2, -0.15) is 0 Å². The van der Waals surface area contributed by atoms with Gasteiger partial charge in [0.15, 0.2) is 0 Å². The summed E-state index contributed by atoms with van der Waals surface area (Å²) >= 11 is 0. The lowest BCUT2D eigenvalue weighted by Gasteiger charge is -2.30. The second-order valence-corrected chi connectivity index (χ2v) is 4.51. The van der Waals surface area contributed by atoms with Crippen molar-refractivity contribution >= 4 is 5.97 Å². The Kier molecular flexibility index (Phi) is 4.20. The van der Waals surface area contributed by atoms with E-state index in [2.05, 4.69) is 11.4 Å². The number of carbonyl (C=O) groups is 1. The molecule has 2 rings (SSSR count). The monoisotopic (exact) mass is 249 g/mol. The van der Waals surface area contributed by atoms with Gasteiger partial charge in [0.05, 0.1) is 20.1 Å². The Morgan fingerprint density at radius 1 is 1.39 bits per heavy atom. The third-order valence-corrected chi connectivity index (χ3v) is 3.51. The average molecular weight is 249 g/mol. The van der Waals surface area contributed by atoms with Crippen LogP contribution in [0.1, 0.15) is 17.9 Å². The molecule has 1 N–H and O–H groups in total. The topological polar surface area (TPSA) is 47.6 Å². The fourth-order valence-electron chi connectivity index (χ4n) is 2.53. The Bertz CT molecular complexity index is 419. The molecule has 0 amide bonds. The molecule has 0 saturated carbocycles. The molecule has 2 atom stereocenters. The molecule has 1 aromatic carbocycles. The molecule has 0 radical (unpaired) electrons. The number of ether oxygens (including phenoxy) is 2. The number of nitrogens with one attached hydrogen (secondary N) is 1. The Hall–Kier alpha value is -1.55. The van der Waals surface area contributed by atoms with Crippen LogP contribution < -0.4 is 10.1 Å².